The Balaban J connectivity index is 2.11. The van der Waals surface area contributed by atoms with Crippen LogP contribution in [0.5, 0.6) is 0 Å². The molecule has 1 aliphatic heterocycles. The number of halogens is 2. The van der Waals surface area contributed by atoms with Gasteiger partial charge in [-0.05, 0) is 49.6 Å². The number of carbonyl (C=O) groups is 1. The van der Waals surface area contributed by atoms with Crippen LogP contribution >= 0.6 is 23.2 Å². The zero-order valence-electron chi connectivity index (χ0n) is 12.2. The van der Waals surface area contributed by atoms with Gasteiger partial charge in [-0.25, -0.2) is 0 Å². The quantitative estimate of drug-likeness (QED) is 0.866. The Labute approximate surface area is 135 Å². The molecule has 1 unspecified atom stereocenters. The molecular weight excluding hydrogens is 309 g/mol. The molecule has 3 nitrogen and oxygen atoms in total. The maximum Gasteiger partial charge on any atom is 0.310 e. The first-order valence-electron chi connectivity index (χ1n) is 7.36. The van der Waals surface area contributed by atoms with Crippen molar-refractivity contribution >= 4 is 29.2 Å². The molecule has 1 fully saturated rings. The third kappa shape index (κ3) is 4.12. The third-order valence-electron chi connectivity index (χ3n) is 4.17. The molecule has 1 aromatic carbocycles. The van der Waals surface area contributed by atoms with E-state index in [1.165, 1.54) is 0 Å². The maximum atomic E-state index is 11.7. The second-order valence-electron chi connectivity index (χ2n) is 5.93. The number of aliphatic carboxylic acids is 1. The number of hydrogen-bond acceptors (Lipinski definition) is 2. The number of hydrogen-bond donors (Lipinski definition) is 1. The summed E-state index contributed by atoms with van der Waals surface area (Å²) in [6, 6.07) is 5.50. The lowest BCUT2D eigenvalue weighted by Crippen LogP contribution is -2.47. The van der Waals surface area contributed by atoms with Crippen molar-refractivity contribution in [3.05, 3.63) is 33.8 Å². The standard InChI is InChI=1S/C16H21Cl2NO2/c1-2-4-16(15(20)21)5-3-6-19(11-16)10-12-7-13(17)9-14(18)8-12/h7-9H,2-6,10-11H2,1H3,(H,20,21). The number of rotatable bonds is 5. The van der Waals surface area contributed by atoms with Crippen molar-refractivity contribution in [2.45, 2.75) is 39.2 Å². The Morgan fingerprint density at radius 1 is 1.33 bits per heavy atom. The molecular formula is C16H21Cl2NO2. The molecule has 1 aromatic rings. The molecule has 0 radical (unpaired) electrons. The average molecular weight is 330 g/mol. The lowest BCUT2D eigenvalue weighted by atomic mass is 9.76. The van der Waals surface area contributed by atoms with Gasteiger partial charge in [0.15, 0.2) is 0 Å². The van der Waals surface area contributed by atoms with Gasteiger partial charge in [0.25, 0.3) is 0 Å². The largest absolute Gasteiger partial charge is 0.481 e. The zero-order valence-corrected chi connectivity index (χ0v) is 13.8. The van der Waals surface area contributed by atoms with Crippen LogP contribution in [0.1, 0.15) is 38.2 Å². The first-order chi connectivity index (χ1) is 9.95. The van der Waals surface area contributed by atoms with Gasteiger partial charge < -0.3 is 5.11 Å². The van der Waals surface area contributed by atoms with Crippen LogP contribution in [-0.2, 0) is 11.3 Å². The molecule has 5 heteroatoms. The molecule has 0 saturated carbocycles. The molecule has 0 aromatic heterocycles. The third-order valence-corrected chi connectivity index (χ3v) is 4.60. The summed E-state index contributed by atoms with van der Waals surface area (Å²) in [7, 11) is 0. The lowest BCUT2D eigenvalue weighted by Gasteiger charge is -2.40. The van der Waals surface area contributed by atoms with Gasteiger partial charge in [-0.2, -0.15) is 0 Å². The van der Waals surface area contributed by atoms with E-state index in [4.69, 9.17) is 23.2 Å². The van der Waals surface area contributed by atoms with E-state index in [2.05, 4.69) is 4.90 Å². The van der Waals surface area contributed by atoms with Crippen molar-refractivity contribution in [3.8, 4) is 0 Å². The predicted molar refractivity (Wildman–Crippen MR) is 85.9 cm³/mol. The Kier molecular flexibility index (Phi) is 5.53. The van der Waals surface area contributed by atoms with Gasteiger partial charge in [-0.3, -0.25) is 9.69 Å². The first-order valence-corrected chi connectivity index (χ1v) is 8.11. The molecule has 0 aliphatic carbocycles. The zero-order chi connectivity index (χ0) is 15.5. The number of piperidine rings is 1. The van der Waals surface area contributed by atoms with E-state index in [-0.39, 0.29) is 0 Å². The van der Waals surface area contributed by atoms with Crippen LogP contribution in [0, 0.1) is 5.41 Å². The summed E-state index contributed by atoms with van der Waals surface area (Å²) >= 11 is 12.1. The van der Waals surface area contributed by atoms with E-state index in [0.717, 1.165) is 37.8 Å². The summed E-state index contributed by atoms with van der Waals surface area (Å²) in [5.74, 6) is -0.668. The predicted octanol–water partition coefficient (Wildman–Crippen LogP) is 4.46. The van der Waals surface area contributed by atoms with Gasteiger partial charge in [0.1, 0.15) is 0 Å². The van der Waals surface area contributed by atoms with Crippen molar-refractivity contribution < 1.29 is 9.90 Å². The van der Waals surface area contributed by atoms with Crippen LogP contribution in [0.4, 0.5) is 0 Å². The Morgan fingerprint density at radius 3 is 2.57 bits per heavy atom. The molecule has 1 N–H and O–H groups in total. The highest BCUT2D eigenvalue weighted by atomic mass is 35.5. The average Bonchev–Trinajstić information content (AvgIpc) is 2.37. The number of carboxylic acids is 1. The summed E-state index contributed by atoms with van der Waals surface area (Å²) in [5.41, 5.74) is 0.431. The summed E-state index contributed by atoms with van der Waals surface area (Å²) in [5, 5.41) is 10.9. The van der Waals surface area contributed by atoms with E-state index in [1.807, 2.05) is 19.1 Å². The Morgan fingerprint density at radius 2 is 2.00 bits per heavy atom. The summed E-state index contributed by atoms with van der Waals surface area (Å²) < 4.78 is 0. The summed E-state index contributed by atoms with van der Waals surface area (Å²) in [6.07, 6.45) is 3.31. The van der Waals surface area contributed by atoms with E-state index >= 15 is 0 Å². The highest BCUT2D eigenvalue weighted by Crippen LogP contribution is 2.35. The van der Waals surface area contributed by atoms with Crippen LogP contribution in [0.2, 0.25) is 10.0 Å². The minimum atomic E-state index is -0.668. The molecule has 2 rings (SSSR count). The van der Waals surface area contributed by atoms with Gasteiger partial charge >= 0.3 is 5.97 Å². The molecule has 0 amide bonds. The lowest BCUT2D eigenvalue weighted by molar-refractivity contribution is -0.153. The monoisotopic (exact) mass is 329 g/mol. The van der Waals surface area contributed by atoms with Crippen molar-refractivity contribution in [3.63, 3.8) is 0 Å². The van der Waals surface area contributed by atoms with Crippen LogP contribution < -0.4 is 0 Å². The summed E-state index contributed by atoms with van der Waals surface area (Å²) in [4.78, 5) is 13.9. The Bertz CT molecular complexity index is 497. The van der Waals surface area contributed by atoms with Gasteiger partial charge in [0, 0.05) is 23.1 Å². The number of nitrogens with zero attached hydrogens (tertiary/aromatic N) is 1. The first kappa shape index (κ1) is 16.6. The van der Waals surface area contributed by atoms with Gasteiger partial charge in [-0.15, -0.1) is 0 Å². The second-order valence-corrected chi connectivity index (χ2v) is 6.80. The molecule has 0 bridgehead atoms. The van der Waals surface area contributed by atoms with Crippen molar-refractivity contribution in [1.82, 2.24) is 4.90 Å². The van der Waals surface area contributed by atoms with Crippen molar-refractivity contribution in [1.29, 1.82) is 0 Å². The highest BCUT2D eigenvalue weighted by Gasteiger charge is 2.41. The van der Waals surface area contributed by atoms with Crippen molar-refractivity contribution in [2.24, 2.45) is 5.41 Å². The number of carboxylic acid groups (broad SMARTS) is 1. The van der Waals surface area contributed by atoms with E-state index in [1.54, 1.807) is 6.07 Å². The fraction of sp³-hybridized carbons (Fsp3) is 0.562. The highest BCUT2D eigenvalue weighted by molar-refractivity contribution is 6.34. The molecule has 1 aliphatic rings. The minimum absolute atomic E-state index is 0.598. The minimum Gasteiger partial charge on any atom is -0.481 e. The van der Waals surface area contributed by atoms with Crippen molar-refractivity contribution in [2.75, 3.05) is 13.1 Å². The molecule has 0 spiro atoms. The van der Waals surface area contributed by atoms with Gasteiger partial charge in [-0.1, -0.05) is 36.5 Å². The second kappa shape index (κ2) is 6.99. The fourth-order valence-corrected chi connectivity index (χ4v) is 3.86. The van der Waals surface area contributed by atoms with E-state index < -0.39 is 11.4 Å². The van der Waals surface area contributed by atoms with E-state index in [9.17, 15) is 9.90 Å². The maximum absolute atomic E-state index is 11.7. The topological polar surface area (TPSA) is 40.5 Å². The van der Waals surface area contributed by atoms with Gasteiger partial charge in [0.2, 0.25) is 0 Å². The molecule has 1 atom stereocenters. The van der Waals surface area contributed by atoms with Crippen LogP contribution in [-0.4, -0.2) is 29.1 Å². The normalized spacial score (nSPS) is 23.2. The number of benzene rings is 1. The van der Waals surface area contributed by atoms with E-state index in [0.29, 0.717) is 23.1 Å². The molecule has 116 valence electrons. The molecule has 1 saturated heterocycles. The molecule has 21 heavy (non-hydrogen) atoms. The smallest absolute Gasteiger partial charge is 0.310 e. The van der Waals surface area contributed by atoms with Crippen LogP contribution in [0.15, 0.2) is 18.2 Å². The Hall–Kier alpha value is -0.770. The van der Waals surface area contributed by atoms with Gasteiger partial charge in [0.05, 0.1) is 5.41 Å². The summed E-state index contributed by atoms with van der Waals surface area (Å²) in [6.45, 7) is 4.25. The fourth-order valence-electron chi connectivity index (χ4n) is 3.29. The molecule has 1 heterocycles. The van der Waals surface area contributed by atoms with Crippen LogP contribution in [0.3, 0.4) is 0 Å². The SMILES string of the molecule is CCCC1(C(=O)O)CCCN(Cc2cc(Cl)cc(Cl)c2)C1. The number of likely N-dealkylation sites (tertiary alicyclic amines) is 1. The van der Waals surface area contributed by atoms with Crippen LogP contribution in [0.25, 0.3) is 0 Å².